The molecule has 0 bridgehead atoms. The maximum atomic E-state index is 13.1. The van der Waals surface area contributed by atoms with Gasteiger partial charge in [0.05, 0.1) is 26.3 Å². The smallest absolute Gasteiger partial charge is 0.240 e. The third-order valence-corrected chi connectivity index (χ3v) is 7.77. The number of nitrogens with one attached hydrogen (secondary N) is 1. The van der Waals surface area contributed by atoms with Crippen LogP contribution in [-0.4, -0.2) is 51.9 Å². The Balaban J connectivity index is 1.84. The lowest BCUT2D eigenvalue weighted by Gasteiger charge is -2.51. The molecule has 2 heterocycles. The van der Waals surface area contributed by atoms with E-state index in [1.807, 2.05) is 53.4 Å². The molecule has 2 atom stereocenters. The largest absolute Gasteiger partial charge is 0.497 e. The molecule has 4 rings (SSSR count). The zero-order valence-corrected chi connectivity index (χ0v) is 21.8. The van der Waals surface area contributed by atoms with Crippen LogP contribution in [0.4, 0.5) is 0 Å². The molecule has 10 heteroatoms. The summed E-state index contributed by atoms with van der Waals surface area (Å²) in [5.74, 6) is 0.846. The minimum Gasteiger partial charge on any atom is -0.497 e. The predicted octanol–water partition coefficient (Wildman–Crippen LogP) is 3.83. The Kier molecular flexibility index (Phi) is 7.26. The van der Waals surface area contributed by atoms with Gasteiger partial charge in [0, 0.05) is 33.6 Å². The highest BCUT2D eigenvalue weighted by Gasteiger charge is 2.55. The molecule has 0 radical (unpaired) electrons. The van der Waals surface area contributed by atoms with E-state index in [1.54, 1.807) is 21.1 Å². The molecule has 2 unspecified atom stereocenters. The summed E-state index contributed by atoms with van der Waals surface area (Å²) >= 11 is 1.36. The molecular weight excluding hydrogens is 480 g/mol. The Morgan fingerprint density at radius 2 is 1.33 bits per heavy atom. The van der Waals surface area contributed by atoms with Crippen LogP contribution in [0.2, 0.25) is 0 Å². The summed E-state index contributed by atoms with van der Waals surface area (Å²) in [6.07, 6.45) is 0.866. The van der Waals surface area contributed by atoms with Crippen molar-refractivity contribution in [1.82, 2.24) is 15.2 Å². The summed E-state index contributed by atoms with van der Waals surface area (Å²) in [4.78, 5) is 38.8. The maximum Gasteiger partial charge on any atom is 0.240 e. The highest BCUT2D eigenvalue weighted by Crippen LogP contribution is 2.55. The van der Waals surface area contributed by atoms with Crippen molar-refractivity contribution in [2.75, 3.05) is 14.2 Å². The van der Waals surface area contributed by atoms with Crippen molar-refractivity contribution < 1.29 is 23.9 Å². The van der Waals surface area contributed by atoms with Crippen LogP contribution >= 0.6 is 11.8 Å². The van der Waals surface area contributed by atoms with Crippen molar-refractivity contribution in [3.8, 4) is 11.5 Å². The molecule has 2 aromatic rings. The van der Waals surface area contributed by atoms with Gasteiger partial charge in [-0.05, 0) is 35.4 Å². The van der Waals surface area contributed by atoms with Gasteiger partial charge in [-0.25, -0.2) is 5.01 Å². The lowest BCUT2D eigenvalue weighted by atomic mass is 9.83. The molecule has 3 amide bonds. The van der Waals surface area contributed by atoms with Crippen molar-refractivity contribution in [1.29, 1.82) is 0 Å². The van der Waals surface area contributed by atoms with Crippen LogP contribution in [0.15, 0.2) is 53.6 Å². The SMILES string of the molecule is COc1ccc(C2CC3(CC(c4ccc(OC)cc4)N2C(C)=O)SC(NC(C)=O)=NN3C(C)=O)cc1. The van der Waals surface area contributed by atoms with Gasteiger partial charge >= 0.3 is 0 Å². The van der Waals surface area contributed by atoms with Gasteiger partial charge in [0.15, 0.2) is 5.17 Å². The van der Waals surface area contributed by atoms with Crippen LogP contribution in [0.1, 0.15) is 56.8 Å². The number of hydrazone groups is 1. The summed E-state index contributed by atoms with van der Waals surface area (Å²) in [5, 5.41) is 9.05. The number of ether oxygens (including phenoxy) is 2. The first kappa shape index (κ1) is 25.6. The van der Waals surface area contributed by atoms with Gasteiger partial charge in [-0.3, -0.25) is 14.4 Å². The zero-order valence-electron chi connectivity index (χ0n) is 21.0. The predicted molar refractivity (Wildman–Crippen MR) is 137 cm³/mol. The van der Waals surface area contributed by atoms with E-state index in [1.165, 1.54) is 30.6 Å². The fourth-order valence-corrected chi connectivity index (χ4v) is 6.41. The number of nitrogens with zero attached hydrogens (tertiary/aromatic N) is 3. The number of benzene rings is 2. The second-order valence-electron chi connectivity index (χ2n) is 8.88. The number of amidine groups is 1. The fraction of sp³-hybridized carbons (Fsp3) is 0.385. The molecule has 1 N–H and O–H groups in total. The average Bonchev–Trinajstić information content (AvgIpc) is 3.19. The van der Waals surface area contributed by atoms with Crippen molar-refractivity contribution in [2.45, 2.75) is 50.6 Å². The summed E-state index contributed by atoms with van der Waals surface area (Å²) in [7, 11) is 3.21. The van der Waals surface area contributed by atoms with Gasteiger partial charge in [0.2, 0.25) is 17.7 Å². The van der Waals surface area contributed by atoms with E-state index in [9.17, 15) is 14.4 Å². The average molecular weight is 511 g/mol. The van der Waals surface area contributed by atoms with Crippen LogP contribution in [0, 0.1) is 0 Å². The third kappa shape index (κ3) is 4.90. The summed E-state index contributed by atoms with van der Waals surface area (Å²) in [6, 6.07) is 14.5. The Bertz CT molecular complexity index is 1120. The zero-order chi connectivity index (χ0) is 26.0. The van der Waals surface area contributed by atoms with Gasteiger partial charge in [-0.15, -0.1) is 5.10 Å². The molecule has 2 aliphatic rings. The molecule has 2 aliphatic heterocycles. The molecule has 36 heavy (non-hydrogen) atoms. The third-order valence-electron chi connectivity index (χ3n) is 6.51. The number of likely N-dealkylation sites (tertiary alicyclic amines) is 1. The van der Waals surface area contributed by atoms with E-state index >= 15 is 0 Å². The van der Waals surface area contributed by atoms with Gasteiger partial charge in [0.25, 0.3) is 0 Å². The lowest BCUT2D eigenvalue weighted by Crippen LogP contribution is -2.54. The van der Waals surface area contributed by atoms with Crippen molar-refractivity contribution >= 4 is 34.7 Å². The number of piperidine rings is 1. The minimum absolute atomic E-state index is 0.0770. The van der Waals surface area contributed by atoms with Gasteiger partial charge < -0.3 is 19.7 Å². The Morgan fingerprint density at radius 3 is 1.69 bits per heavy atom. The first-order valence-corrected chi connectivity index (χ1v) is 12.4. The first-order chi connectivity index (χ1) is 17.2. The Morgan fingerprint density at radius 1 is 0.861 bits per heavy atom. The summed E-state index contributed by atoms with van der Waals surface area (Å²) < 4.78 is 10.7. The quantitative estimate of drug-likeness (QED) is 0.671. The van der Waals surface area contributed by atoms with Crippen LogP contribution in [0.25, 0.3) is 0 Å². The van der Waals surface area contributed by atoms with Crippen molar-refractivity contribution in [3.05, 3.63) is 59.7 Å². The van der Waals surface area contributed by atoms with E-state index < -0.39 is 4.87 Å². The number of hydrogen-bond donors (Lipinski definition) is 1. The second-order valence-corrected chi connectivity index (χ2v) is 10.2. The molecule has 1 fully saturated rings. The highest BCUT2D eigenvalue weighted by atomic mass is 32.2. The first-order valence-electron chi connectivity index (χ1n) is 11.6. The molecule has 0 aliphatic carbocycles. The molecule has 1 saturated heterocycles. The van der Waals surface area contributed by atoms with Crippen LogP contribution in [0.5, 0.6) is 11.5 Å². The number of carbonyl (C=O) groups excluding carboxylic acids is 3. The van der Waals surface area contributed by atoms with E-state index in [0.29, 0.717) is 29.5 Å². The number of rotatable bonds is 4. The molecule has 1 spiro atoms. The van der Waals surface area contributed by atoms with Gasteiger partial charge in [-0.1, -0.05) is 36.0 Å². The maximum absolute atomic E-state index is 13.1. The number of hydrogen-bond acceptors (Lipinski definition) is 7. The molecule has 190 valence electrons. The van der Waals surface area contributed by atoms with Crippen LogP contribution in [0.3, 0.4) is 0 Å². The number of methoxy groups -OCH3 is 2. The van der Waals surface area contributed by atoms with E-state index in [2.05, 4.69) is 10.4 Å². The molecule has 0 aromatic heterocycles. The molecule has 2 aromatic carbocycles. The monoisotopic (exact) mass is 510 g/mol. The van der Waals surface area contributed by atoms with E-state index in [0.717, 1.165) is 11.1 Å². The van der Waals surface area contributed by atoms with Crippen molar-refractivity contribution in [3.63, 3.8) is 0 Å². The minimum atomic E-state index is -0.801. The lowest BCUT2D eigenvalue weighted by molar-refractivity contribution is -0.142. The highest BCUT2D eigenvalue weighted by molar-refractivity contribution is 8.15. The second kappa shape index (κ2) is 10.2. The van der Waals surface area contributed by atoms with Gasteiger partial charge in [0.1, 0.15) is 16.4 Å². The number of amides is 3. The molecule has 9 nitrogen and oxygen atoms in total. The summed E-state index contributed by atoms with van der Waals surface area (Å²) in [6.45, 7) is 4.43. The Hall–Kier alpha value is -3.53. The Labute approximate surface area is 214 Å². The van der Waals surface area contributed by atoms with Crippen LogP contribution < -0.4 is 14.8 Å². The van der Waals surface area contributed by atoms with Gasteiger partial charge in [-0.2, -0.15) is 0 Å². The summed E-state index contributed by atoms with van der Waals surface area (Å²) in [5.41, 5.74) is 1.83. The topological polar surface area (TPSA) is 101 Å². The van der Waals surface area contributed by atoms with E-state index in [-0.39, 0.29) is 29.8 Å². The fourth-order valence-electron chi connectivity index (χ4n) is 4.99. The van der Waals surface area contributed by atoms with E-state index in [4.69, 9.17) is 9.47 Å². The van der Waals surface area contributed by atoms with Crippen molar-refractivity contribution in [2.24, 2.45) is 5.10 Å². The number of carbonyl (C=O) groups is 3. The molecule has 0 saturated carbocycles. The number of thioether (sulfide) groups is 1. The van der Waals surface area contributed by atoms with Crippen LogP contribution in [-0.2, 0) is 14.4 Å². The standard InChI is InChI=1S/C26H30N4O5S/c1-16(31)27-25-28-30(18(3)33)26(36-25)14-23(19-6-10-21(34-4)11-7-19)29(17(2)32)24(15-26)20-8-12-22(35-5)13-9-20/h6-13,23-24H,14-15H2,1-5H3,(H,27,28,31). The normalized spacial score (nSPS) is 23.3. The molecular formula is C26H30N4O5S.